The Bertz CT molecular complexity index is 388. The zero-order chi connectivity index (χ0) is 12.4. The molecular weight excluding hydrogens is 220 g/mol. The van der Waals surface area contributed by atoms with E-state index in [0.29, 0.717) is 12.0 Å². The number of rotatable bonds is 5. The molecule has 2 rings (SSSR count). The molecule has 3 heteroatoms. The predicted octanol–water partition coefficient (Wildman–Crippen LogP) is 3.46. The van der Waals surface area contributed by atoms with E-state index in [1.807, 2.05) is 0 Å². The summed E-state index contributed by atoms with van der Waals surface area (Å²) in [6.07, 6.45) is 2.54. The summed E-state index contributed by atoms with van der Waals surface area (Å²) in [6, 6.07) is 4.89. The molecule has 2 unspecified atom stereocenters. The lowest BCUT2D eigenvalue weighted by Crippen LogP contribution is -2.26. The molecule has 2 atom stereocenters. The lowest BCUT2D eigenvalue weighted by molar-refractivity contribution is 0.441. The average Bonchev–Trinajstić information content (AvgIpc) is 3.12. The van der Waals surface area contributed by atoms with Crippen LogP contribution in [0.25, 0.3) is 0 Å². The normalized spacial score (nSPS) is 19.1. The van der Waals surface area contributed by atoms with Crippen LogP contribution in [0.4, 0.5) is 8.78 Å². The van der Waals surface area contributed by atoms with Gasteiger partial charge in [0.25, 0.3) is 0 Å². The minimum Gasteiger partial charge on any atom is -0.314 e. The average molecular weight is 239 g/mol. The number of halogens is 2. The number of hydrogen-bond acceptors (Lipinski definition) is 1. The van der Waals surface area contributed by atoms with Crippen LogP contribution in [-0.4, -0.2) is 12.6 Å². The van der Waals surface area contributed by atoms with Gasteiger partial charge in [-0.15, -0.1) is 0 Å². The largest absolute Gasteiger partial charge is 0.314 e. The molecule has 0 spiro atoms. The second-order valence-corrected chi connectivity index (χ2v) is 5.12. The summed E-state index contributed by atoms with van der Waals surface area (Å²) in [5.74, 6) is -0.877. The van der Waals surface area contributed by atoms with Gasteiger partial charge in [-0.2, -0.15) is 0 Å². The van der Waals surface area contributed by atoms with E-state index in [0.717, 1.165) is 12.1 Å². The zero-order valence-corrected chi connectivity index (χ0v) is 10.3. The predicted molar refractivity (Wildman–Crippen MR) is 65.0 cm³/mol. The third kappa shape index (κ3) is 3.25. The van der Waals surface area contributed by atoms with Crippen molar-refractivity contribution in [1.29, 1.82) is 0 Å². The van der Waals surface area contributed by atoms with Crippen molar-refractivity contribution in [2.45, 2.75) is 38.6 Å². The molecule has 1 saturated carbocycles. The Labute approximate surface area is 101 Å². The van der Waals surface area contributed by atoms with Crippen molar-refractivity contribution in [3.63, 3.8) is 0 Å². The third-order valence-corrected chi connectivity index (χ3v) is 3.63. The number of benzene rings is 1. The van der Waals surface area contributed by atoms with E-state index in [2.05, 4.69) is 19.2 Å². The van der Waals surface area contributed by atoms with Crippen molar-refractivity contribution in [1.82, 2.24) is 5.32 Å². The van der Waals surface area contributed by atoms with Crippen molar-refractivity contribution in [2.24, 2.45) is 5.92 Å². The molecule has 0 bridgehead atoms. The lowest BCUT2D eigenvalue weighted by atomic mass is 9.89. The topological polar surface area (TPSA) is 12.0 Å². The summed E-state index contributed by atoms with van der Waals surface area (Å²) in [6.45, 7) is 5.14. The monoisotopic (exact) mass is 239 g/mol. The van der Waals surface area contributed by atoms with Gasteiger partial charge in [0, 0.05) is 6.04 Å². The third-order valence-electron chi connectivity index (χ3n) is 3.63. The van der Waals surface area contributed by atoms with Gasteiger partial charge in [-0.25, -0.2) is 8.78 Å². The molecule has 94 valence electrons. The Morgan fingerprint density at radius 3 is 2.53 bits per heavy atom. The molecular formula is C14H19F2N. The Hall–Kier alpha value is -0.960. The first-order valence-electron chi connectivity index (χ1n) is 6.26. The summed E-state index contributed by atoms with van der Waals surface area (Å²) >= 11 is 0. The minimum absolute atomic E-state index is 0.233. The van der Waals surface area contributed by atoms with E-state index >= 15 is 0 Å². The van der Waals surface area contributed by atoms with E-state index in [1.54, 1.807) is 6.07 Å². The van der Waals surface area contributed by atoms with Crippen LogP contribution in [0.15, 0.2) is 18.2 Å². The quantitative estimate of drug-likeness (QED) is 0.829. The van der Waals surface area contributed by atoms with Gasteiger partial charge in [0.15, 0.2) is 11.6 Å². The van der Waals surface area contributed by atoms with Gasteiger partial charge in [-0.05, 0) is 48.9 Å². The van der Waals surface area contributed by atoms with Crippen LogP contribution in [0.1, 0.15) is 38.2 Å². The maximum absolute atomic E-state index is 13.1. The van der Waals surface area contributed by atoms with E-state index in [1.165, 1.54) is 25.0 Å². The molecule has 1 aliphatic carbocycles. The molecule has 1 N–H and O–H groups in total. The van der Waals surface area contributed by atoms with E-state index < -0.39 is 11.6 Å². The van der Waals surface area contributed by atoms with Crippen LogP contribution in [0, 0.1) is 17.6 Å². The van der Waals surface area contributed by atoms with E-state index in [9.17, 15) is 8.78 Å². The fourth-order valence-electron chi connectivity index (χ4n) is 1.94. The van der Waals surface area contributed by atoms with Crippen LogP contribution in [0.3, 0.4) is 0 Å². The molecule has 1 nitrogen and oxygen atoms in total. The first kappa shape index (κ1) is 12.5. The summed E-state index contributed by atoms with van der Waals surface area (Å²) in [5, 5.41) is 3.47. The van der Waals surface area contributed by atoms with Crippen molar-refractivity contribution in [2.75, 3.05) is 6.54 Å². The molecule has 1 fully saturated rings. The number of nitrogens with one attached hydrogen (secondary N) is 1. The summed E-state index contributed by atoms with van der Waals surface area (Å²) in [4.78, 5) is 0. The van der Waals surface area contributed by atoms with E-state index in [-0.39, 0.29) is 5.92 Å². The highest BCUT2D eigenvalue weighted by molar-refractivity contribution is 5.21. The summed E-state index contributed by atoms with van der Waals surface area (Å²) < 4.78 is 26.0. The van der Waals surface area contributed by atoms with Crippen LogP contribution < -0.4 is 5.32 Å². The Balaban J connectivity index is 1.96. The number of hydrogen-bond donors (Lipinski definition) is 1. The lowest BCUT2D eigenvalue weighted by Gasteiger charge is -2.21. The minimum atomic E-state index is -0.773. The first-order chi connectivity index (χ1) is 8.08. The second kappa shape index (κ2) is 5.13. The maximum Gasteiger partial charge on any atom is 0.159 e. The Morgan fingerprint density at radius 1 is 1.24 bits per heavy atom. The fourth-order valence-corrected chi connectivity index (χ4v) is 1.94. The molecule has 0 radical (unpaired) electrons. The smallest absolute Gasteiger partial charge is 0.159 e. The molecule has 0 saturated heterocycles. The molecule has 17 heavy (non-hydrogen) atoms. The van der Waals surface area contributed by atoms with Crippen molar-refractivity contribution >= 4 is 0 Å². The Morgan fingerprint density at radius 2 is 1.94 bits per heavy atom. The van der Waals surface area contributed by atoms with Crippen molar-refractivity contribution in [3.8, 4) is 0 Å². The van der Waals surface area contributed by atoms with Gasteiger partial charge < -0.3 is 5.32 Å². The second-order valence-electron chi connectivity index (χ2n) is 5.12. The van der Waals surface area contributed by atoms with Gasteiger partial charge >= 0.3 is 0 Å². The van der Waals surface area contributed by atoms with Gasteiger partial charge in [-0.1, -0.05) is 19.9 Å². The molecule has 1 aromatic carbocycles. The van der Waals surface area contributed by atoms with Crippen LogP contribution in [-0.2, 0) is 0 Å². The molecule has 1 aliphatic rings. The molecule has 0 aromatic heterocycles. The first-order valence-corrected chi connectivity index (χ1v) is 6.26. The van der Waals surface area contributed by atoms with Gasteiger partial charge in [0.2, 0.25) is 0 Å². The summed E-state index contributed by atoms with van der Waals surface area (Å²) in [7, 11) is 0. The highest BCUT2D eigenvalue weighted by Gasteiger charge is 2.23. The fraction of sp³-hybridized carbons (Fsp3) is 0.571. The zero-order valence-electron chi connectivity index (χ0n) is 10.3. The SMILES string of the molecule is CC(CNC1CC1)C(C)c1ccc(F)c(F)c1. The summed E-state index contributed by atoms with van der Waals surface area (Å²) in [5.41, 5.74) is 0.869. The highest BCUT2D eigenvalue weighted by atomic mass is 19.2. The standard InChI is InChI=1S/C14H19F2N/c1-9(8-17-12-4-5-12)10(2)11-3-6-13(15)14(16)7-11/h3,6-7,9-10,12,17H,4-5,8H2,1-2H3. The van der Waals surface area contributed by atoms with Gasteiger partial charge in [-0.3, -0.25) is 0 Å². The molecule has 0 amide bonds. The van der Waals surface area contributed by atoms with Crippen LogP contribution >= 0.6 is 0 Å². The molecule has 1 aromatic rings. The highest BCUT2D eigenvalue weighted by Crippen LogP contribution is 2.26. The van der Waals surface area contributed by atoms with Crippen LogP contribution in [0.2, 0.25) is 0 Å². The van der Waals surface area contributed by atoms with Crippen molar-refractivity contribution in [3.05, 3.63) is 35.4 Å². The molecule has 0 heterocycles. The maximum atomic E-state index is 13.1. The molecule has 0 aliphatic heterocycles. The van der Waals surface area contributed by atoms with E-state index in [4.69, 9.17) is 0 Å². The Kier molecular flexibility index (Phi) is 3.77. The van der Waals surface area contributed by atoms with Crippen molar-refractivity contribution < 1.29 is 8.78 Å². The van der Waals surface area contributed by atoms with Crippen LogP contribution in [0.5, 0.6) is 0 Å². The van der Waals surface area contributed by atoms with Gasteiger partial charge in [0.1, 0.15) is 0 Å². The van der Waals surface area contributed by atoms with Gasteiger partial charge in [0.05, 0.1) is 0 Å².